The average Bonchev–Trinajstić information content (AvgIpc) is 2.47. The van der Waals surface area contributed by atoms with Crippen LogP contribution in [0.3, 0.4) is 0 Å². The van der Waals surface area contributed by atoms with Crippen molar-refractivity contribution in [1.29, 1.82) is 0 Å². The van der Waals surface area contributed by atoms with Crippen LogP contribution in [0.4, 0.5) is 0 Å². The van der Waals surface area contributed by atoms with Gasteiger partial charge in [0, 0.05) is 18.3 Å². The molecule has 0 aliphatic rings. The maximum atomic E-state index is 5.35. The van der Waals surface area contributed by atoms with Gasteiger partial charge in [0.25, 0.3) is 0 Å². The fourth-order valence-electron chi connectivity index (χ4n) is 0.994. The van der Waals surface area contributed by atoms with Crippen LogP contribution in [0.15, 0.2) is 18.5 Å². The largest absolute Gasteiger partial charge is 0.327 e. The molecule has 0 fully saturated rings. The lowest BCUT2D eigenvalue weighted by atomic mass is 10.1. The van der Waals surface area contributed by atoms with Gasteiger partial charge in [0.15, 0.2) is 0 Å². The molecule has 1 rings (SSSR count). The molecule has 1 heterocycles. The highest BCUT2D eigenvalue weighted by Gasteiger charge is 2.12. The van der Waals surface area contributed by atoms with E-state index >= 15 is 0 Å². The molecule has 0 aliphatic carbocycles. The monoisotopic (exact) mass is 179 g/mol. The number of nitrogens with two attached hydrogens (primary N) is 1. The summed E-state index contributed by atoms with van der Waals surface area (Å²) < 4.78 is 1.95. The topological polar surface area (TPSA) is 43.8 Å². The highest BCUT2D eigenvalue weighted by molar-refractivity contribution is 5.46. The van der Waals surface area contributed by atoms with E-state index in [1.165, 1.54) is 0 Å². The number of aromatic nitrogens is 2. The van der Waals surface area contributed by atoms with Gasteiger partial charge in [0.2, 0.25) is 0 Å². The highest BCUT2D eigenvalue weighted by atomic mass is 15.3. The van der Waals surface area contributed by atoms with E-state index < -0.39 is 0 Å². The van der Waals surface area contributed by atoms with Crippen LogP contribution in [0, 0.1) is 0 Å². The van der Waals surface area contributed by atoms with Crippen molar-refractivity contribution in [2.24, 2.45) is 5.73 Å². The van der Waals surface area contributed by atoms with Crippen molar-refractivity contribution < 1.29 is 0 Å². The smallest absolute Gasteiger partial charge is 0.0562 e. The predicted molar refractivity (Wildman–Crippen MR) is 55.3 cm³/mol. The Bertz CT molecular complexity index is 291. The van der Waals surface area contributed by atoms with Gasteiger partial charge in [-0.15, -0.1) is 0 Å². The predicted octanol–water partition coefficient (Wildman–Crippen LogP) is 1.61. The fraction of sp³-hybridized carbons (Fsp3) is 0.500. The van der Waals surface area contributed by atoms with Crippen molar-refractivity contribution in [3.8, 4) is 0 Å². The molecule has 0 saturated heterocycles. The Balaban J connectivity index is 2.81. The van der Waals surface area contributed by atoms with Crippen molar-refractivity contribution in [3.05, 3.63) is 24.0 Å². The molecule has 0 atom stereocenters. The summed E-state index contributed by atoms with van der Waals surface area (Å²) in [7, 11) is 0. The lowest BCUT2D eigenvalue weighted by Gasteiger charge is -2.18. The molecule has 0 bridgehead atoms. The van der Waals surface area contributed by atoms with Crippen molar-refractivity contribution in [2.75, 3.05) is 6.54 Å². The van der Waals surface area contributed by atoms with Crippen LogP contribution in [-0.4, -0.2) is 16.3 Å². The van der Waals surface area contributed by atoms with E-state index in [9.17, 15) is 0 Å². The van der Waals surface area contributed by atoms with E-state index in [4.69, 9.17) is 5.73 Å². The third-order valence-electron chi connectivity index (χ3n) is 1.74. The molecule has 0 aromatic carbocycles. The Kier molecular flexibility index (Phi) is 2.88. The average molecular weight is 179 g/mol. The molecule has 0 aliphatic heterocycles. The van der Waals surface area contributed by atoms with Gasteiger partial charge in [-0.3, -0.25) is 4.68 Å². The molecule has 0 saturated carbocycles. The summed E-state index contributed by atoms with van der Waals surface area (Å²) in [4.78, 5) is 0. The van der Waals surface area contributed by atoms with E-state index in [2.05, 4.69) is 25.9 Å². The minimum atomic E-state index is 0.0504. The van der Waals surface area contributed by atoms with Gasteiger partial charge in [-0.2, -0.15) is 5.10 Å². The van der Waals surface area contributed by atoms with E-state index in [1.807, 2.05) is 29.2 Å². The Morgan fingerprint density at radius 3 is 2.69 bits per heavy atom. The Morgan fingerprint density at radius 2 is 2.23 bits per heavy atom. The second-order valence-electron chi connectivity index (χ2n) is 4.03. The first-order valence-electron chi connectivity index (χ1n) is 4.46. The molecule has 1 aromatic rings. The number of nitrogens with zero attached hydrogens (tertiary/aromatic N) is 2. The first kappa shape index (κ1) is 9.99. The highest BCUT2D eigenvalue weighted by Crippen LogP contribution is 2.13. The van der Waals surface area contributed by atoms with Gasteiger partial charge < -0.3 is 5.73 Å². The van der Waals surface area contributed by atoms with E-state index in [-0.39, 0.29) is 5.54 Å². The number of rotatable bonds is 2. The second-order valence-corrected chi connectivity index (χ2v) is 4.03. The number of hydrogen-bond acceptors (Lipinski definition) is 2. The summed E-state index contributed by atoms with van der Waals surface area (Å²) in [5.74, 6) is 0. The van der Waals surface area contributed by atoms with Crippen LogP contribution >= 0.6 is 0 Å². The van der Waals surface area contributed by atoms with Crippen LogP contribution in [-0.2, 0) is 5.54 Å². The van der Waals surface area contributed by atoms with Crippen LogP contribution in [0.1, 0.15) is 26.3 Å². The summed E-state index contributed by atoms with van der Waals surface area (Å²) in [6.07, 6.45) is 7.77. The Labute approximate surface area is 79.2 Å². The molecular formula is C10H17N3. The summed E-state index contributed by atoms with van der Waals surface area (Å²) in [5, 5.41) is 4.26. The maximum Gasteiger partial charge on any atom is 0.0562 e. The SMILES string of the molecule is CC(C)(C)n1cc(C=CCN)cn1. The van der Waals surface area contributed by atoms with Gasteiger partial charge in [-0.05, 0) is 20.8 Å². The zero-order valence-corrected chi connectivity index (χ0v) is 8.49. The Morgan fingerprint density at radius 1 is 1.54 bits per heavy atom. The van der Waals surface area contributed by atoms with E-state index in [0.29, 0.717) is 6.54 Å². The van der Waals surface area contributed by atoms with Crippen molar-refractivity contribution in [3.63, 3.8) is 0 Å². The maximum absolute atomic E-state index is 5.35. The molecule has 1 aromatic heterocycles. The van der Waals surface area contributed by atoms with Gasteiger partial charge >= 0.3 is 0 Å². The molecule has 2 N–H and O–H groups in total. The van der Waals surface area contributed by atoms with Crippen molar-refractivity contribution in [1.82, 2.24) is 9.78 Å². The quantitative estimate of drug-likeness (QED) is 0.749. The van der Waals surface area contributed by atoms with Gasteiger partial charge in [-0.1, -0.05) is 12.2 Å². The minimum Gasteiger partial charge on any atom is -0.327 e. The molecule has 0 amide bonds. The molecular weight excluding hydrogens is 162 g/mol. The molecule has 3 heteroatoms. The molecule has 0 radical (unpaired) electrons. The van der Waals surface area contributed by atoms with Gasteiger partial charge in [0.1, 0.15) is 0 Å². The first-order valence-corrected chi connectivity index (χ1v) is 4.46. The number of hydrogen-bond donors (Lipinski definition) is 1. The van der Waals surface area contributed by atoms with Gasteiger partial charge in [-0.25, -0.2) is 0 Å². The molecule has 3 nitrogen and oxygen atoms in total. The zero-order chi connectivity index (χ0) is 9.90. The van der Waals surface area contributed by atoms with Crippen LogP contribution in [0.2, 0.25) is 0 Å². The van der Waals surface area contributed by atoms with Crippen molar-refractivity contribution >= 4 is 6.08 Å². The van der Waals surface area contributed by atoms with E-state index in [0.717, 1.165) is 5.56 Å². The third kappa shape index (κ3) is 2.70. The first-order chi connectivity index (χ1) is 6.04. The van der Waals surface area contributed by atoms with Crippen LogP contribution in [0.25, 0.3) is 6.08 Å². The van der Waals surface area contributed by atoms with Crippen LogP contribution in [0.5, 0.6) is 0 Å². The normalized spacial score (nSPS) is 12.6. The summed E-state index contributed by atoms with van der Waals surface area (Å²) >= 11 is 0. The van der Waals surface area contributed by atoms with Gasteiger partial charge in [0.05, 0.1) is 11.7 Å². The lowest BCUT2D eigenvalue weighted by molar-refractivity contribution is 0.355. The van der Waals surface area contributed by atoms with Crippen molar-refractivity contribution in [2.45, 2.75) is 26.3 Å². The fourth-order valence-corrected chi connectivity index (χ4v) is 0.994. The Hall–Kier alpha value is -1.09. The molecule has 0 spiro atoms. The molecule has 0 unspecified atom stereocenters. The second kappa shape index (κ2) is 3.75. The third-order valence-corrected chi connectivity index (χ3v) is 1.74. The summed E-state index contributed by atoms with van der Waals surface area (Å²) in [6.45, 7) is 6.93. The molecule has 72 valence electrons. The standard InChI is InChI=1S/C10H17N3/c1-10(2,3)13-8-9(7-12-13)5-4-6-11/h4-5,7-8H,6,11H2,1-3H3. The van der Waals surface area contributed by atoms with Crippen LogP contribution < -0.4 is 5.73 Å². The lowest BCUT2D eigenvalue weighted by Crippen LogP contribution is -2.21. The zero-order valence-electron chi connectivity index (χ0n) is 8.49. The molecule has 13 heavy (non-hydrogen) atoms. The minimum absolute atomic E-state index is 0.0504. The summed E-state index contributed by atoms with van der Waals surface area (Å²) in [5.41, 5.74) is 6.50. The summed E-state index contributed by atoms with van der Waals surface area (Å²) in [6, 6.07) is 0. The van der Waals surface area contributed by atoms with E-state index in [1.54, 1.807) is 0 Å².